The van der Waals surface area contributed by atoms with E-state index in [1.807, 2.05) is 16.8 Å². The Bertz CT molecular complexity index is 979. The molecule has 1 aromatic carbocycles. The van der Waals surface area contributed by atoms with Gasteiger partial charge in [-0.05, 0) is 28.8 Å². The fourth-order valence-corrected chi connectivity index (χ4v) is 3.31. The zero-order chi connectivity index (χ0) is 18.8. The molecule has 0 aliphatic carbocycles. The summed E-state index contributed by atoms with van der Waals surface area (Å²) in [6.07, 6.45) is 0. The van der Waals surface area contributed by atoms with Crippen molar-refractivity contribution in [1.82, 2.24) is 25.1 Å². The zero-order valence-electron chi connectivity index (χ0n) is 13.9. The molecule has 9 nitrogen and oxygen atoms in total. The van der Waals surface area contributed by atoms with Gasteiger partial charge in [0.25, 0.3) is 11.8 Å². The summed E-state index contributed by atoms with van der Waals surface area (Å²) >= 11 is 1.51. The summed E-state index contributed by atoms with van der Waals surface area (Å²) < 4.78 is 5.09. The van der Waals surface area contributed by atoms with E-state index in [2.05, 4.69) is 15.4 Å². The van der Waals surface area contributed by atoms with E-state index in [1.54, 1.807) is 24.3 Å². The fraction of sp³-hybridized carbons (Fsp3) is 0.176. The zero-order valence-corrected chi connectivity index (χ0v) is 14.8. The van der Waals surface area contributed by atoms with Crippen molar-refractivity contribution in [3.63, 3.8) is 0 Å². The number of amides is 2. The van der Waals surface area contributed by atoms with Crippen LogP contribution in [-0.4, -0.2) is 56.0 Å². The Labute approximate surface area is 157 Å². The van der Waals surface area contributed by atoms with E-state index < -0.39 is 5.97 Å². The summed E-state index contributed by atoms with van der Waals surface area (Å²) in [7, 11) is 0. The summed E-state index contributed by atoms with van der Waals surface area (Å²) in [5.41, 5.74) is 1.55. The second kappa shape index (κ2) is 7.08. The van der Waals surface area contributed by atoms with E-state index in [0.717, 1.165) is 15.3 Å². The molecule has 0 N–H and O–H groups in total. The smallest absolute Gasteiger partial charge is 0.329 e. The molecule has 0 saturated heterocycles. The highest BCUT2D eigenvalue weighted by Gasteiger charge is 2.34. The first-order valence-corrected chi connectivity index (χ1v) is 8.99. The molecule has 4 rings (SSSR count). The van der Waals surface area contributed by atoms with Crippen LogP contribution in [0.2, 0.25) is 0 Å². The third-order valence-corrected chi connectivity index (χ3v) is 4.64. The topological polar surface area (TPSA) is 107 Å². The highest BCUT2D eigenvalue weighted by Crippen LogP contribution is 2.22. The molecule has 2 aromatic heterocycles. The van der Waals surface area contributed by atoms with Crippen molar-refractivity contribution in [2.45, 2.75) is 6.54 Å². The number of nitrogens with zero attached hydrogens (tertiary/aromatic N) is 5. The molecular formula is C17H13N5O4S. The lowest BCUT2D eigenvalue weighted by molar-refractivity contribution is -0.145. The summed E-state index contributed by atoms with van der Waals surface area (Å²) in [5, 5.41) is 15.6. The number of benzene rings is 1. The molecule has 2 amide bonds. The Morgan fingerprint density at radius 3 is 2.52 bits per heavy atom. The van der Waals surface area contributed by atoms with Crippen LogP contribution in [0.25, 0.3) is 11.4 Å². The average molecular weight is 383 g/mol. The average Bonchev–Trinajstić information content (AvgIpc) is 3.39. The minimum atomic E-state index is -0.583. The number of hydrogen-bond acceptors (Lipinski definition) is 8. The highest BCUT2D eigenvalue weighted by atomic mass is 32.1. The number of carbonyl (C=O) groups is 3. The van der Waals surface area contributed by atoms with E-state index in [-0.39, 0.29) is 31.5 Å². The lowest BCUT2D eigenvalue weighted by Crippen LogP contribution is -2.33. The predicted octanol–water partition coefficient (Wildman–Crippen LogP) is 1.24. The molecule has 10 heteroatoms. The number of aromatic nitrogens is 4. The Morgan fingerprint density at radius 1 is 1.11 bits per heavy atom. The molecule has 0 spiro atoms. The molecule has 3 aromatic rings. The van der Waals surface area contributed by atoms with E-state index >= 15 is 0 Å². The van der Waals surface area contributed by atoms with Gasteiger partial charge in [0.05, 0.1) is 17.7 Å². The van der Waals surface area contributed by atoms with E-state index in [1.165, 1.54) is 11.3 Å². The Morgan fingerprint density at radius 2 is 1.85 bits per heavy atom. The van der Waals surface area contributed by atoms with Crippen LogP contribution in [0, 0.1) is 0 Å². The Hall–Kier alpha value is -3.40. The van der Waals surface area contributed by atoms with Crippen molar-refractivity contribution >= 4 is 29.1 Å². The van der Waals surface area contributed by atoms with Crippen LogP contribution in [0.4, 0.5) is 0 Å². The van der Waals surface area contributed by atoms with Gasteiger partial charge in [-0.1, -0.05) is 12.1 Å². The van der Waals surface area contributed by atoms with Crippen LogP contribution in [0.3, 0.4) is 0 Å². The van der Waals surface area contributed by atoms with Gasteiger partial charge in [-0.25, -0.2) is 4.79 Å². The standard InChI is InChI=1S/C17H13N5O4S/c23-14(9-22-19-15(18-20-22)11-5-8-27-10-11)26-7-6-21-16(24)12-3-1-2-4-13(12)17(21)25/h1-5,8,10H,6-7,9H2. The summed E-state index contributed by atoms with van der Waals surface area (Å²) in [6.45, 7) is -0.321. The Balaban J connectivity index is 1.29. The lowest BCUT2D eigenvalue weighted by atomic mass is 10.1. The fourth-order valence-electron chi connectivity index (χ4n) is 2.67. The number of rotatable bonds is 6. The quantitative estimate of drug-likeness (QED) is 0.465. The van der Waals surface area contributed by atoms with Gasteiger partial charge in [0.15, 0.2) is 6.54 Å². The number of imide groups is 1. The first-order chi connectivity index (χ1) is 13.1. The lowest BCUT2D eigenvalue weighted by Gasteiger charge is -2.13. The van der Waals surface area contributed by atoms with Crippen molar-refractivity contribution in [3.05, 3.63) is 52.2 Å². The van der Waals surface area contributed by atoms with Crippen LogP contribution in [0.5, 0.6) is 0 Å². The molecule has 0 saturated carbocycles. The van der Waals surface area contributed by atoms with Crippen LogP contribution < -0.4 is 0 Å². The molecule has 0 unspecified atom stereocenters. The predicted molar refractivity (Wildman–Crippen MR) is 93.9 cm³/mol. The molecule has 0 fully saturated rings. The maximum Gasteiger partial charge on any atom is 0.329 e. The molecular weight excluding hydrogens is 370 g/mol. The van der Waals surface area contributed by atoms with Crippen LogP contribution in [0.1, 0.15) is 20.7 Å². The number of tetrazole rings is 1. The molecule has 0 atom stereocenters. The maximum atomic E-state index is 12.2. The van der Waals surface area contributed by atoms with Crippen molar-refractivity contribution in [2.75, 3.05) is 13.2 Å². The second-order valence-corrected chi connectivity index (χ2v) is 6.46. The molecule has 27 heavy (non-hydrogen) atoms. The minimum absolute atomic E-state index is 0.0109. The van der Waals surface area contributed by atoms with E-state index in [0.29, 0.717) is 17.0 Å². The minimum Gasteiger partial charge on any atom is -0.462 e. The van der Waals surface area contributed by atoms with Crippen molar-refractivity contribution in [3.8, 4) is 11.4 Å². The highest BCUT2D eigenvalue weighted by molar-refractivity contribution is 7.08. The third-order valence-electron chi connectivity index (χ3n) is 3.96. The Kier molecular flexibility index (Phi) is 4.47. The number of carbonyl (C=O) groups excluding carboxylic acids is 3. The first kappa shape index (κ1) is 17.0. The van der Waals surface area contributed by atoms with Gasteiger partial charge in [-0.2, -0.15) is 16.1 Å². The van der Waals surface area contributed by atoms with Gasteiger partial charge in [0.1, 0.15) is 6.61 Å². The summed E-state index contributed by atoms with van der Waals surface area (Å²) in [6, 6.07) is 8.45. The number of ether oxygens (including phenoxy) is 1. The third kappa shape index (κ3) is 3.34. The van der Waals surface area contributed by atoms with Gasteiger partial charge in [-0.3, -0.25) is 14.5 Å². The van der Waals surface area contributed by atoms with Crippen molar-refractivity contribution < 1.29 is 19.1 Å². The van der Waals surface area contributed by atoms with Crippen LogP contribution >= 0.6 is 11.3 Å². The monoisotopic (exact) mass is 383 g/mol. The van der Waals surface area contributed by atoms with Gasteiger partial charge >= 0.3 is 5.97 Å². The van der Waals surface area contributed by atoms with Crippen LogP contribution in [0.15, 0.2) is 41.1 Å². The van der Waals surface area contributed by atoms with Crippen LogP contribution in [-0.2, 0) is 16.1 Å². The summed E-state index contributed by atoms with van der Waals surface area (Å²) in [4.78, 5) is 38.6. The molecule has 136 valence electrons. The van der Waals surface area contributed by atoms with Gasteiger partial charge in [0.2, 0.25) is 5.82 Å². The molecule has 1 aliphatic rings. The van der Waals surface area contributed by atoms with Crippen molar-refractivity contribution in [2.24, 2.45) is 0 Å². The van der Waals surface area contributed by atoms with Gasteiger partial charge < -0.3 is 4.74 Å². The maximum absolute atomic E-state index is 12.2. The van der Waals surface area contributed by atoms with E-state index in [9.17, 15) is 14.4 Å². The molecule has 0 radical (unpaired) electrons. The first-order valence-electron chi connectivity index (χ1n) is 8.05. The molecule has 1 aliphatic heterocycles. The number of hydrogen-bond donors (Lipinski definition) is 0. The SMILES string of the molecule is O=C(Cn1nnc(-c2ccsc2)n1)OCCN1C(=O)c2ccccc2C1=O. The van der Waals surface area contributed by atoms with E-state index in [4.69, 9.17) is 4.74 Å². The number of esters is 1. The number of fused-ring (bicyclic) bond motifs is 1. The largest absolute Gasteiger partial charge is 0.462 e. The van der Waals surface area contributed by atoms with Gasteiger partial charge in [0, 0.05) is 10.9 Å². The summed E-state index contributed by atoms with van der Waals surface area (Å²) in [5.74, 6) is -0.925. The molecule has 0 bridgehead atoms. The normalized spacial score (nSPS) is 13.1. The van der Waals surface area contributed by atoms with Gasteiger partial charge in [-0.15, -0.1) is 10.2 Å². The second-order valence-electron chi connectivity index (χ2n) is 5.68. The number of thiophene rings is 1. The van der Waals surface area contributed by atoms with Crippen molar-refractivity contribution in [1.29, 1.82) is 0 Å². The molecule has 3 heterocycles.